The van der Waals surface area contributed by atoms with Crippen molar-refractivity contribution in [3.05, 3.63) is 0 Å². The number of aliphatic hydroxyl groups excluding tert-OH is 2. The van der Waals surface area contributed by atoms with E-state index in [9.17, 15) is 15.0 Å². The van der Waals surface area contributed by atoms with E-state index in [2.05, 4.69) is 5.32 Å². The molecule has 2 saturated carbocycles. The van der Waals surface area contributed by atoms with Gasteiger partial charge in [0, 0.05) is 0 Å². The first-order valence-electron chi connectivity index (χ1n) is 10.3. The molecule has 5 nitrogen and oxygen atoms in total. The molecule has 5 N–H and O–H groups in total. The summed E-state index contributed by atoms with van der Waals surface area (Å²) < 4.78 is 0. The summed E-state index contributed by atoms with van der Waals surface area (Å²) in [5, 5.41) is 24.0. The van der Waals surface area contributed by atoms with Gasteiger partial charge in [-0.3, -0.25) is 4.79 Å². The van der Waals surface area contributed by atoms with E-state index < -0.39 is 24.3 Å². The molecule has 2 rings (SSSR count). The van der Waals surface area contributed by atoms with Gasteiger partial charge in [-0.2, -0.15) is 0 Å². The van der Waals surface area contributed by atoms with E-state index in [1.165, 1.54) is 32.1 Å². The van der Waals surface area contributed by atoms with Crippen LogP contribution in [-0.2, 0) is 4.79 Å². The molecule has 1 amide bonds. The lowest BCUT2D eigenvalue weighted by Crippen LogP contribution is -2.53. The maximum absolute atomic E-state index is 12.5. The number of rotatable bonds is 10. The number of nitrogens with one attached hydrogen (secondary N) is 1. The Morgan fingerprint density at radius 3 is 2.20 bits per heavy atom. The molecular formula is C20H38N2O3. The summed E-state index contributed by atoms with van der Waals surface area (Å²) in [4.78, 5) is 12.5. The van der Waals surface area contributed by atoms with Crippen LogP contribution in [0.25, 0.3) is 0 Å². The van der Waals surface area contributed by atoms with Crippen LogP contribution >= 0.6 is 0 Å². The molecule has 0 aliphatic heterocycles. The number of hydrogen-bond acceptors (Lipinski definition) is 4. The molecule has 146 valence electrons. The van der Waals surface area contributed by atoms with Gasteiger partial charge >= 0.3 is 0 Å². The summed E-state index contributed by atoms with van der Waals surface area (Å²) in [7, 11) is 0. The van der Waals surface area contributed by atoms with Gasteiger partial charge < -0.3 is 21.3 Å². The number of amides is 1. The van der Waals surface area contributed by atoms with Gasteiger partial charge in [0.15, 0.2) is 0 Å². The molecule has 0 heterocycles. The van der Waals surface area contributed by atoms with Gasteiger partial charge in [0.25, 0.3) is 0 Å². The zero-order valence-electron chi connectivity index (χ0n) is 16.0. The van der Waals surface area contributed by atoms with E-state index in [1.54, 1.807) is 0 Å². The van der Waals surface area contributed by atoms with Gasteiger partial charge in [0.2, 0.25) is 5.91 Å². The summed E-state index contributed by atoms with van der Waals surface area (Å²) in [5.74, 6) is 1.23. The highest BCUT2D eigenvalue weighted by Crippen LogP contribution is 2.33. The monoisotopic (exact) mass is 354 g/mol. The van der Waals surface area contributed by atoms with Crippen LogP contribution in [0.2, 0.25) is 0 Å². The zero-order chi connectivity index (χ0) is 18.4. The second-order valence-corrected chi connectivity index (χ2v) is 8.83. The first-order chi connectivity index (χ1) is 11.9. The van der Waals surface area contributed by atoms with Crippen molar-refractivity contribution in [2.75, 3.05) is 0 Å². The Bertz CT molecular complexity index is 406. The van der Waals surface area contributed by atoms with E-state index in [1.807, 2.05) is 13.8 Å². The van der Waals surface area contributed by atoms with Crippen molar-refractivity contribution in [1.29, 1.82) is 0 Å². The second-order valence-electron chi connectivity index (χ2n) is 8.83. The summed E-state index contributed by atoms with van der Waals surface area (Å²) in [6.45, 7) is 4.05. The third-order valence-corrected chi connectivity index (χ3v) is 5.78. The van der Waals surface area contributed by atoms with Crippen molar-refractivity contribution in [2.24, 2.45) is 23.5 Å². The highest BCUT2D eigenvalue weighted by molar-refractivity contribution is 5.81. The van der Waals surface area contributed by atoms with E-state index in [0.717, 1.165) is 25.7 Å². The second kappa shape index (κ2) is 9.89. The smallest absolute Gasteiger partial charge is 0.237 e. The number of nitrogens with two attached hydrogens (primary N) is 1. The maximum atomic E-state index is 12.5. The van der Waals surface area contributed by atoms with Crippen molar-refractivity contribution < 1.29 is 15.0 Å². The Balaban J connectivity index is 1.94. The molecule has 0 saturated heterocycles. The molecule has 2 aliphatic rings. The molecule has 0 radical (unpaired) electrons. The zero-order valence-corrected chi connectivity index (χ0v) is 16.0. The summed E-state index contributed by atoms with van der Waals surface area (Å²) in [5.41, 5.74) is 6.04. The van der Waals surface area contributed by atoms with Crippen LogP contribution in [0.5, 0.6) is 0 Å². The molecule has 5 heteroatoms. The van der Waals surface area contributed by atoms with Crippen LogP contribution in [-0.4, -0.2) is 40.4 Å². The Kier molecular flexibility index (Phi) is 8.17. The SMILES string of the molecule is CC(C)C[C@H](O)[C@H](O)[C@H](CC1CCCCC1)NC(=O)[C@H](N)CC1CC1. The lowest BCUT2D eigenvalue weighted by atomic mass is 9.82. The largest absolute Gasteiger partial charge is 0.390 e. The molecule has 4 atom stereocenters. The minimum atomic E-state index is -0.929. The fourth-order valence-electron chi connectivity index (χ4n) is 4.07. The molecule has 25 heavy (non-hydrogen) atoms. The Morgan fingerprint density at radius 1 is 1.04 bits per heavy atom. The molecule has 0 aromatic rings. The van der Waals surface area contributed by atoms with Crippen molar-refractivity contribution >= 4 is 5.91 Å². The van der Waals surface area contributed by atoms with Gasteiger partial charge in [-0.25, -0.2) is 0 Å². The number of aliphatic hydroxyl groups is 2. The highest BCUT2D eigenvalue weighted by atomic mass is 16.3. The minimum absolute atomic E-state index is 0.177. The highest BCUT2D eigenvalue weighted by Gasteiger charge is 2.33. The number of carbonyl (C=O) groups is 1. The summed E-state index contributed by atoms with van der Waals surface area (Å²) in [6.07, 6.45) is 8.60. The predicted octanol–water partition coefficient (Wildman–Crippen LogP) is 2.34. The standard InChI is InChI=1S/C20H38N2O3/c1-13(2)10-18(23)19(24)17(12-14-6-4-3-5-7-14)22-20(25)16(21)11-15-8-9-15/h13-19,23-24H,3-12,21H2,1-2H3,(H,22,25)/t16-,17+,18+,19-/m1/s1. The van der Waals surface area contributed by atoms with E-state index in [-0.39, 0.29) is 5.91 Å². The van der Waals surface area contributed by atoms with Crippen molar-refractivity contribution in [1.82, 2.24) is 5.32 Å². The number of hydrogen-bond donors (Lipinski definition) is 4. The van der Waals surface area contributed by atoms with E-state index >= 15 is 0 Å². The van der Waals surface area contributed by atoms with Crippen LogP contribution in [0.15, 0.2) is 0 Å². The first kappa shape index (κ1) is 20.7. The molecule has 2 fully saturated rings. The van der Waals surface area contributed by atoms with Crippen LogP contribution in [0.4, 0.5) is 0 Å². The quantitative estimate of drug-likeness (QED) is 0.484. The topological polar surface area (TPSA) is 95.6 Å². The van der Waals surface area contributed by atoms with Gasteiger partial charge in [0.05, 0.1) is 18.2 Å². The predicted molar refractivity (Wildman–Crippen MR) is 99.9 cm³/mol. The molecule has 0 spiro atoms. The first-order valence-corrected chi connectivity index (χ1v) is 10.3. The fourth-order valence-corrected chi connectivity index (χ4v) is 4.07. The molecule has 0 aromatic carbocycles. The molecule has 0 unspecified atom stereocenters. The van der Waals surface area contributed by atoms with Crippen molar-refractivity contribution in [3.63, 3.8) is 0 Å². The van der Waals surface area contributed by atoms with Crippen molar-refractivity contribution in [3.8, 4) is 0 Å². The molecule has 0 aromatic heterocycles. The fraction of sp³-hybridized carbons (Fsp3) is 0.950. The van der Waals surface area contributed by atoms with Crippen LogP contribution in [0.3, 0.4) is 0 Å². The van der Waals surface area contributed by atoms with Gasteiger partial charge in [-0.15, -0.1) is 0 Å². The van der Waals surface area contributed by atoms with E-state index in [4.69, 9.17) is 5.73 Å². The Labute approximate surface area is 152 Å². The van der Waals surface area contributed by atoms with Gasteiger partial charge in [0.1, 0.15) is 6.10 Å². The van der Waals surface area contributed by atoms with Crippen LogP contribution in [0.1, 0.15) is 78.1 Å². The van der Waals surface area contributed by atoms with Crippen molar-refractivity contribution in [2.45, 2.75) is 102 Å². The number of carbonyl (C=O) groups excluding carboxylic acids is 1. The lowest BCUT2D eigenvalue weighted by molar-refractivity contribution is -0.125. The normalized spacial score (nSPS) is 23.9. The third kappa shape index (κ3) is 7.24. The van der Waals surface area contributed by atoms with Gasteiger partial charge in [-0.05, 0) is 37.0 Å². The third-order valence-electron chi connectivity index (χ3n) is 5.78. The van der Waals surface area contributed by atoms with E-state index in [0.29, 0.717) is 24.2 Å². The minimum Gasteiger partial charge on any atom is -0.390 e. The van der Waals surface area contributed by atoms with Crippen LogP contribution in [0, 0.1) is 17.8 Å². The maximum Gasteiger partial charge on any atom is 0.237 e. The summed E-state index contributed by atoms with van der Waals surface area (Å²) >= 11 is 0. The Morgan fingerprint density at radius 2 is 1.64 bits per heavy atom. The van der Waals surface area contributed by atoms with Gasteiger partial charge in [-0.1, -0.05) is 58.8 Å². The molecular weight excluding hydrogens is 316 g/mol. The van der Waals surface area contributed by atoms with Crippen LogP contribution < -0.4 is 11.1 Å². The molecule has 0 bridgehead atoms. The Hall–Kier alpha value is -0.650. The average Bonchev–Trinajstić information content (AvgIpc) is 3.37. The lowest BCUT2D eigenvalue weighted by Gasteiger charge is -2.33. The summed E-state index contributed by atoms with van der Waals surface area (Å²) in [6, 6.07) is -0.912. The molecule has 2 aliphatic carbocycles. The average molecular weight is 355 g/mol.